The normalized spacial score (nSPS) is 18.1. The molecular formula is C14H18BrF3N2O. The smallest absolute Gasteiger partial charge is 0.401 e. The quantitative estimate of drug-likeness (QED) is 0.889. The van der Waals surface area contributed by atoms with Crippen molar-refractivity contribution in [2.75, 3.05) is 32.7 Å². The first-order valence-electron chi connectivity index (χ1n) is 6.74. The van der Waals surface area contributed by atoms with Gasteiger partial charge in [0.1, 0.15) is 5.75 Å². The van der Waals surface area contributed by atoms with E-state index in [2.05, 4.69) is 20.8 Å². The Bertz CT molecular complexity index is 500. The lowest BCUT2D eigenvalue weighted by molar-refractivity contribution is -0.149. The third-order valence-electron chi connectivity index (χ3n) is 3.61. The van der Waals surface area contributed by atoms with Crippen LogP contribution in [0.2, 0.25) is 0 Å². The van der Waals surface area contributed by atoms with E-state index < -0.39 is 12.7 Å². The zero-order chi connectivity index (χ0) is 15.6. The maximum Gasteiger partial charge on any atom is 0.401 e. The van der Waals surface area contributed by atoms with Crippen LogP contribution in [-0.4, -0.2) is 53.8 Å². The minimum atomic E-state index is -4.14. The molecular weight excluding hydrogens is 349 g/mol. The molecule has 0 spiro atoms. The fourth-order valence-corrected chi connectivity index (χ4v) is 3.15. The van der Waals surface area contributed by atoms with Crippen molar-refractivity contribution >= 4 is 15.9 Å². The number of aromatic hydroxyl groups is 1. The van der Waals surface area contributed by atoms with Gasteiger partial charge < -0.3 is 5.11 Å². The van der Waals surface area contributed by atoms with Gasteiger partial charge in [-0.1, -0.05) is 15.9 Å². The molecule has 1 aliphatic rings. The summed E-state index contributed by atoms with van der Waals surface area (Å²) in [5.41, 5.74) is 1.58. The van der Waals surface area contributed by atoms with Crippen molar-refractivity contribution < 1.29 is 18.3 Å². The van der Waals surface area contributed by atoms with Crippen molar-refractivity contribution in [2.24, 2.45) is 0 Å². The number of phenolic OH excluding ortho intramolecular Hbond substituents is 1. The molecule has 1 N–H and O–H groups in total. The van der Waals surface area contributed by atoms with Crippen molar-refractivity contribution in [1.29, 1.82) is 0 Å². The van der Waals surface area contributed by atoms with E-state index in [1.165, 1.54) is 4.90 Å². The fourth-order valence-electron chi connectivity index (χ4n) is 2.53. The van der Waals surface area contributed by atoms with Crippen molar-refractivity contribution in [3.05, 3.63) is 27.7 Å². The fraction of sp³-hybridized carbons (Fsp3) is 0.571. The minimum absolute atomic E-state index is 0.260. The second-order valence-electron chi connectivity index (χ2n) is 5.40. The van der Waals surface area contributed by atoms with Crippen LogP contribution in [0.3, 0.4) is 0 Å². The Morgan fingerprint density at radius 2 is 1.71 bits per heavy atom. The van der Waals surface area contributed by atoms with Crippen LogP contribution >= 0.6 is 15.9 Å². The zero-order valence-electron chi connectivity index (χ0n) is 11.8. The van der Waals surface area contributed by atoms with E-state index in [0.717, 1.165) is 15.6 Å². The predicted octanol–water partition coefficient (Wildman–Crippen LogP) is 3.14. The molecule has 0 bridgehead atoms. The molecule has 0 atom stereocenters. The standard InChI is InChI=1S/C14H18BrF3N2O/c1-10-6-12(15)7-11(13(10)21)8-19-2-4-20(5-3-19)9-14(16,17)18/h6-7,21H,2-5,8-9H2,1H3. The molecule has 1 heterocycles. The number of rotatable bonds is 3. The van der Waals surface area contributed by atoms with Crippen molar-refractivity contribution in [1.82, 2.24) is 9.80 Å². The van der Waals surface area contributed by atoms with E-state index in [0.29, 0.717) is 32.7 Å². The molecule has 1 aliphatic heterocycles. The van der Waals surface area contributed by atoms with Crippen molar-refractivity contribution in [3.8, 4) is 5.75 Å². The monoisotopic (exact) mass is 366 g/mol. The molecule has 0 amide bonds. The summed E-state index contributed by atoms with van der Waals surface area (Å²) in [5, 5.41) is 10.1. The van der Waals surface area contributed by atoms with Gasteiger partial charge in [-0.3, -0.25) is 9.80 Å². The highest BCUT2D eigenvalue weighted by atomic mass is 79.9. The van der Waals surface area contributed by atoms with Crippen LogP contribution in [0.4, 0.5) is 13.2 Å². The molecule has 1 aromatic carbocycles. The van der Waals surface area contributed by atoms with Crippen molar-refractivity contribution in [3.63, 3.8) is 0 Å². The molecule has 1 saturated heterocycles. The molecule has 0 aliphatic carbocycles. The van der Waals surface area contributed by atoms with E-state index in [1.807, 2.05) is 19.1 Å². The van der Waals surface area contributed by atoms with Gasteiger partial charge >= 0.3 is 6.18 Å². The first-order chi connectivity index (χ1) is 9.74. The molecule has 0 unspecified atom stereocenters. The number of halogens is 4. The summed E-state index contributed by atoms with van der Waals surface area (Å²) >= 11 is 3.39. The summed E-state index contributed by atoms with van der Waals surface area (Å²) in [5.74, 6) is 0.260. The predicted molar refractivity (Wildman–Crippen MR) is 78.3 cm³/mol. The summed E-state index contributed by atoms with van der Waals surface area (Å²) in [6, 6.07) is 3.69. The number of phenols is 1. The number of aryl methyl sites for hydroxylation is 1. The number of piperazine rings is 1. The Labute approximate surface area is 130 Å². The van der Waals surface area contributed by atoms with E-state index in [-0.39, 0.29) is 5.75 Å². The van der Waals surface area contributed by atoms with E-state index in [1.54, 1.807) is 0 Å². The van der Waals surface area contributed by atoms with Gasteiger partial charge in [0.25, 0.3) is 0 Å². The maximum absolute atomic E-state index is 12.3. The Morgan fingerprint density at radius 3 is 2.29 bits per heavy atom. The van der Waals surface area contributed by atoms with Crippen LogP contribution in [0.1, 0.15) is 11.1 Å². The first-order valence-corrected chi connectivity index (χ1v) is 7.53. The SMILES string of the molecule is Cc1cc(Br)cc(CN2CCN(CC(F)(F)F)CC2)c1O. The summed E-state index contributed by atoms with van der Waals surface area (Å²) in [4.78, 5) is 3.48. The lowest BCUT2D eigenvalue weighted by atomic mass is 10.1. The summed E-state index contributed by atoms with van der Waals surface area (Å²) in [7, 11) is 0. The number of hydrogen-bond acceptors (Lipinski definition) is 3. The Kier molecular flexibility index (Phi) is 5.16. The highest BCUT2D eigenvalue weighted by molar-refractivity contribution is 9.10. The van der Waals surface area contributed by atoms with Crippen LogP contribution in [-0.2, 0) is 6.54 Å². The van der Waals surface area contributed by atoms with Crippen molar-refractivity contribution in [2.45, 2.75) is 19.6 Å². The van der Waals surface area contributed by atoms with Crippen LogP contribution < -0.4 is 0 Å². The van der Waals surface area contributed by atoms with Gasteiger partial charge in [-0.05, 0) is 24.6 Å². The van der Waals surface area contributed by atoms with Gasteiger partial charge in [0.05, 0.1) is 6.54 Å². The number of nitrogens with zero attached hydrogens (tertiary/aromatic N) is 2. The average molecular weight is 367 g/mol. The minimum Gasteiger partial charge on any atom is -0.507 e. The molecule has 1 fully saturated rings. The molecule has 0 aromatic heterocycles. The largest absolute Gasteiger partial charge is 0.507 e. The Balaban J connectivity index is 1.92. The van der Waals surface area contributed by atoms with Crippen LogP contribution in [0, 0.1) is 6.92 Å². The molecule has 2 rings (SSSR count). The number of alkyl halides is 3. The maximum atomic E-state index is 12.3. The molecule has 1 aromatic rings. The lowest BCUT2D eigenvalue weighted by Crippen LogP contribution is -2.48. The Hall–Kier alpha value is -0.790. The topological polar surface area (TPSA) is 26.7 Å². The third-order valence-corrected chi connectivity index (χ3v) is 4.06. The summed E-state index contributed by atoms with van der Waals surface area (Å²) < 4.78 is 37.9. The Morgan fingerprint density at radius 1 is 1.14 bits per heavy atom. The average Bonchev–Trinajstić information content (AvgIpc) is 2.36. The van der Waals surface area contributed by atoms with Gasteiger partial charge in [-0.15, -0.1) is 0 Å². The second-order valence-corrected chi connectivity index (χ2v) is 6.31. The van der Waals surface area contributed by atoms with Gasteiger partial charge in [0.2, 0.25) is 0 Å². The van der Waals surface area contributed by atoms with Gasteiger partial charge in [0, 0.05) is 42.8 Å². The molecule has 0 saturated carbocycles. The van der Waals surface area contributed by atoms with E-state index in [4.69, 9.17) is 0 Å². The van der Waals surface area contributed by atoms with Crippen LogP contribution in [0.5, 0.6) is 5.75 Å². The van der Waals surface area contributed by atoms with Gasteiger partial charge in [-0.2, -0.15) is 13.2 Å². The van der Waals surface area contributed by atoms with Crippen LogP contribution in [0.25, 0.3) is 0 Å². The summed E-state index contributed by atoms with van der Waals surface area (Å²) in [6.45, 7) is 3.46. The number of hydrogen-bond donors (Lipinski definition) is 1. The first kappa shape index (κ1) is 16.6. The van der Waals surface area contributed by atoms with E-state index >= 15 is 0 Å². The van der Waals surface area contributed by atoms with E-state index in [9.17, 15) is 18.3 Å². The number of benzene rings is 1. The summed E-state index contributed by atoms with van der Waals surface area (Å²) in [6.07, 6.45) is -4.14. The zero-order valence-corrected chi connectivity index (χ0v) is 13.3. The second kappa shape index (κ2) is 6.54. The lowest BCUT2D eigenvalue weighted by Gasteiger charge is -2.35. The third kappa shape index (κ3) is 4.86. The highest BCUT2D eigenvalue weighted by Gasteiger charge is 2.32. The molecule has 3 nitrogen and oxygen atoms in total. The van der Waals surface area contributed by atoms with Crippen LogP contribution in [0.15, 0.2) is 16.6 Å². The van der Waals surface area contributed by atoms with Gasteiger partial charge in [0.15, 0.2) is 0 Å². The molecule has 0 radical (unpaired) electrons. The molecule has 7 heteroatoms. The molecule has 21 heavy (non-hydrogen) atoms. The molecule has 118 valence electrons. The van der Waals surface area contributed by atoms with Gasteiger partial charge in [-0.25, -0.2) is 0 Å². The highest BCUT2D eigenvalue weighted by Crippen LogP contribution is 2.28.